The lowest BCUT2D eigenvalue weighted by molar-refractivity contribution is 0.0528. The highest BCUT2D eigenvalue weighted by molar-refractivity contribution is 7.93. The number of carbonyl (C=O) groups is 1. The summed E-state index contributed by atoms with van der Waals surface area (Å²) in [5.74, 6) is 0. The third-order valence-corrected chi connectivity index (χ3v) is 6.48. The van der Waals surface area contributed by atoms with E-state index in [1.54, 1.807) is 57.2 Å². The molecule has 0 aliphatic heterocycles. The van der Waals surface area contributed by atoms with Crippen LogP contribution in [0.1, 0.15) is 37.1 Å². The van der Waals surface area contributed by atoms with E-state index in [0.29, 0.717) is 21.9 Å². The summed E-state index contributed by atoms with van der Waals surface area (Å²) in [6.07, 6.45) is 0.749. The largest absolute Gasteiger partial charge is 0.444 e. The molecule has 2 aromatic carbocycles. The number of ether oxygens (including phenoxy) is 1. The van der Waals surface area contributed by atoms with Gasteiger partial charge in [-0.15, -0.1) is 0 Å². The number of aromatic nitrogens is 1. The number of nitrogens with one attached hydrogen (secondary N) is 3. The Morgan fingerprint density at radius 1 is 1.12 bits per heavy atom. The number of hydrogen-bond acceptors (Lipinski definition) is 6. The summed E-state index contributed by atoms with van der Waals surface area (Å²) in [6.45, 7) is 4.71. The van der Waals surface area contributed by atoms with Crippen molar-refractivity contribution in [1.29, 1.82) is 0 Å². The van der Waals surface area contributed by atoms with Crippen molar-refractivity contribution in [2.45, 2.75) is 38.2 Å². The van der Waals surface area contributed by atoms with E-state index in [-0.39, 0.29) is 24.4 Å². The maximum absolute atomic E-state index is 13.3. The van der Waals surface area contributed by atoms with Gasteiger partial charge >= 0.3 is 6.09 Å². The van der Waals surface area contributed by atoms with E-state index >= 15 is 0 Å². The Kier molecular flexibility index (Phi) is 7.09. The molecular weight excluding hydrogens is 446 g/mol. The first kappa shape index (κ1) is 24.3. The summed E-state index contributed by atoms with van der Waals surface area (Å²) < 4.78 is 34.4. The summed E-state index contributed by atoms with van der Waals surface area (Å²) in [6, 6.07) is 12.7. The molecule has 0 aliphatic rings. The van der Waals surface area contributed by atoms with Gasteiger partial charge < -0.3 is 20.1 Å². The number of sulfonamides is 1. The fourth-order valence-electron chi connectivity index (χ4n) is 3.23. The first-order valence-corrected chi connectivity index (χ1v) is 11.8. The zero-order valence-corrected chi connectivity index (χ0v) is 19.4. The summed E-state index contributed by atoms with van der Waals surface area (Å²) in [5, 5.41) is 11.7. The van der Waals surface area contributed by atoms with Crippen LogP contribution in [0.2, 0.25) is 0 Å². The Balaban J connectivity index is 1.90. The van der Waals surface area contributed by atoms with Crippen LogP contribution in [0.5, 0.6) is 0 Å². The van der Waals surface area contributed by atoms with Gasteiger partial charge in [-0.25, -0.2) is 13.2 Å². The molecule has 1 heterocycles. The van der Waals surface area contributed by atoms with Crippen LogP contribution in [0.3, 0.4) is 0 Å². The minimum Gasteiger partial charge on any atom is -0.444 e. The monoisotopic (exact) mass is 473 g/mol. The molecule has 0 spiro atoms. The molecule has 3 aromatic rings. The molecule has 0 bridgehead atoms. The number of carbonyl (C=O) groups excluding carboxylic acids is 1. The molecule has 0 aliphatic carbocycles. The van der Waals surface area contributed by atoms with Crippen LogP contribution in [0.25, 0.3) is 10.8 Å². The number of alkyl carbamates (subject to hydrolysis) is 1. The fourth-order valence-corrected chi connectivity index (χ4v) is 4.64. The van der Waals surface area contributed by atoms with Gasteiger partial charge in [-0.2, -0.15) is 0 Å². The molecule has 0 saturated heterocycles. The van der Waals surface area contributed by atoms with Gasteiger partial charge in [0, 0.05) is 23.8 Å². The standard InChI is InChI=1S/C23H27N3O6S/c1-23(2,3)32-22(29)25-13-20(16-6-4-15(14-27)5-7-16)33(30,31)26-18-8-9-19-17(12-18)10-11-24-21(19)28/h4-12,20,26-27H,13-14H2,1-3H3,(H,24,28)(H,25,29). The molecule has 0 radical (unpaired) electrons. The Labute approximate surface area is 191 Å². The average molecular weight is 474 g/mol. The Hall–Kier alpha value is -3.37. The highest BCUT2D eigenvalue weighted by Gasteiger charge is 2.29. The van der Waals surface area contributed by atoms with Crippen molar-refractivity contribution in [3.05, 3.63) is 76.2 Å². The van der Waals surface area contributed by atoms with Crippen molar-refractivity contribution in [2.75, 3.05) is 11.3 Å². The second-order valence-corrected chi connectivity index (χ2v) is 10.4. The fraction of sp³-hybridized carbons (Fsp3) is 0.304. The molecule has 3 rings (SSSR count). The van der Waals surface area contributed by atoms with E-state index < -0.39 is 27.0 Å². The predicted molar refractivity (Wildman–Crippen MR) is 126 cm³/mol. The lowest BCUT2D eigenvalue weighted by atomic mass is 10.1. The van der Waals surface area contributed by atoms with Crippen LogP contribution in [0.4, 0.5) is 10.5 Å². The van der Waals surface area contributed by atoms with Crippen molar-refractivity contribution in [3.63, 3.8) is 0 Å². The van der Waals surface area contributed by atoms with Gasteiger partial charge in [0.15, 0.2) is 0 Å². The third kappa shape index (κ3) is 6.33. The Bertz CT molecular complexity index is 1290. The van der Waals surface area contributed by atoms with Crippen molar-refractivity contribution in [3.8, 4) is 0 Å². The van der Waals surface area contributed by atoms with Crippen molar-refractivity contribution >= 4 is 32.6 Å². The van der Waals surface area contributed by atoms with Gasteiger partial charge in [0.1, 0.15) is 10.9 Å². The number of benzene rings is 2. The number of fused-ring (bicyclic) bond motifs is 1. The molecule has 1 aromatic heterocycles. The van der Waals surface area contributed by atoms with Gasteiger partial charge in [0.2, 0.25) is 10.0 Å². The predicted octanol–water partition coefficient (Wildman–Crippen LogP) is 3.03. The maximum atomic E-state index is 13.3. The molecule has 0 fully saturated rings. The van der Waals surface area contributed by atoms with Gasteiger partial charge in [-0.05, 0) is 61.5 Å². The number of aliphatic hydroxyl groups is 1. The van der Waals surface area contributed by atoms with Gasteiger partial charge in [-0.1, -0.05) is 24.3 Å². The van der Waals surface area contributed by atoms with E-state index in [2.05, 4.69) is 15.0 Å². The zero-order valence-electron chi connectivity index (χ0n) is 18.6. The average Bonchev–Trinajstić information content (AvgIpc) is 2.72. The number of amides is 1. The summed E-state index contributed by atoms with van der Waals surface area (Å²) in [5.41, 5.74) is 0.325. The number of hydrogen-bond donors (Lipinski definition) is 4. The van der Waals surface area contributed by atoms with E-state index in [9.17, 15) is 23.1 Å². The van der Waals surface area contributed by atoms with Gasteiger partial charge in [0.25, 0.3) is 5.56 Å². The van der Waals surface area contributed by atoms with Crippen molar-refractivity contribution in [1.82, 2.24) is 10.3 Å². The molecule has 1 unspecified atom stereocenters. The molecule has 9 nitrogen and oxygen atoms in total. The quantitative estimate of drug-likeness (QED) is 0.416. The zero-order chi connectivity index (χ0) is 24.2. The van der Waals surface area contributed by atoms with E-state index in [4.69, 9.17) is 4.74 Å². The summed E-state index contributed by atoms with van der Waals surface area (Å²) in [4.78, 5) is 26.6. The van der Waals surface area contributed by atoms with Crippen LogP contribution < -0.4 is 15.6 Å². The number of rotatable bonds is 7. The lowest BCUT2D eigenvalue weighted by Gasteiger charge is -2.23. The van der Waals surface area contributed by atoms with E-state index in [1.165, 1.54) is 18.3 Å². The lowest BCUT2D eigenvalue weighted by Crippen LogP contribution is -2.37. The minimum atomic E-state index is -4.03. The second kappa shape index (κ2) is 9.63. The Morgan fingerprint density at radius 2 is 1.82 bits per heavy atom. The van der Waals surface area contributed by atoms with Crippen LogP contribution >= 0.6 is 0 Å². The number of aromatic amines is 1. The number of anilines is 1. The third-order valence-electron chi connectivity index (χ3n) is 4.77. The molecule has 1 amide bonds. The molecule has 4 N–H and O–H groups in total. The number of H-pyrrole nitrogens is 1. The molecular formula is C23H27N3O6S. The molecule has 1 atom stereocenters. The molecule has 176 valence electrons. The molecule has 33 heavy (non-hydrogen) atoms. The first-order chi connectivity index (χ1) is 15.5. The van der Waals surface area contributed by atoms with E-state index in [0.717, 1.165) is 0 Å². The van der Waals surface area contributed by atoms with Crippen LogP contribution in [0.15, 0.2) is 59.5 Å². The normalized spacial score (nSPS) is 12.8. The van der Waals surface area contributed by atoms with Gasteiger partial charge in [0.05, 0.1) is 6.61 Å². The SMILES string of the molecule is CC(C)(C)OC(=O)NCC(c1ccc(CO)cc1)S(=O)(=O)Nc1ccc2c(=O)[nH]ccc2c1. The minimum absolute atomic E-state index is 0.178. The van der Waals surface area contributed by atoms with E-state index in [1.807, 2.05) is 0 Å². The smallest absolute Gasteiger partial charge is 0.407 e. The first-order valence-electron chi connectivity index (χ1n) is 10.3. The summed E-state index contributed by atoms with van der Waals surface area (Å²) >= 11 is 0. The van der Waals surface area contributed by atoms with Crippen LogP contribution in [0, 0.1) is 0 Å². The number of pyridine rings is 1. The van der Waals surface area contributed by atoms with Gasteiger partial charge in [-0.3, -0.25) is 9.52 Å². The van der Waals surface area contributed by atoms with Crippen LogP contribution in [-0.2, 0) is 21.4 Å². The topological polar surface area (TPSA) is 138 Å². The maximum Gasteiger partial charge on any atom is 0.407 e. The molecule has 10 heteroatoms. The highest BCUT2D eigenvalue weighted by atomic mass is 32.2. The molecule has 0 saturated carbocycles. The number of aliphatic hydroxyl groups excluding tert-OH is 1. The van der Waals surface area contributed by atoms with Crippen LogP contribution in [-0.4, -0.2) is 36.7 Å². The summed E-state index contributed by atoms with van der Waals surface area (Å²) in [7, 11) is -4.03. The highest BCUT2D eigenvalue weighted by Crippen LogP contribution is 2.26. The Morgan fingerprint density at radius 3 is 2.45 bits per heavy atom. The van der Waals surface area contributed by atoms with Crippen molar-refractivity contribution in [2.24, 2.45) is 0 Å². The second-order valence-electron chi connectivity index (χ2n) is 8.53. The van der Waals surface area contributed by atoms with Crippen molar-refractivity contribution < 1.29 is 23.1 Å².